The average Bonchev–Trinajstić information content (AvgIpc) is 3.10. The zero-order valence-corrected chi connectivity index (χ0v) is 9.77. The SMILES string of the molecule is CNC(CCC1CC1)c1cc(F)c(F)c(F)c1. The van der Waals surface area contributed by atoms with E-state index in [1.54, 1.807) is 7.05 Å². The van der Waals surface area contributed by atoms with Crippen LogP contribution in [0.3, 0.4) is 0 Å². The Morgan fingerprint density at radius 1 is 1.24 bits per heavy atom. The summed E-state index contributed by atoms with van der Waals surface area (Å²) in [4.78, 5) is 0. The molecule has 1 aromatic rings. The second-order valence-electron chi connectivity index (χ2n) is 4.66. The first kappa shape index (κ1) is 12.4. The Labute approximate surface area is 99.0 Å². The van der Waals surface area contributed by atoms with E-state index in [0.29, 0.717) is 5.56 Å². The van der Waals surface area contributed by atoms with Crippen LogP contribution < -0.4 is 5.32 Å². The van der Waals surface area contributed by atoms with Gasteiger partial charge in [-0.15, -0.1) is 0 Å². The maximum atomic E-state index is 13.1. The molecule has 1 N–H and O–H groups in total. The number of benzene rings is 1. The summed E-state index contributed by atoms with van der Waals surface area (Å²) in [6.07, 6.45) is 4.38. The van der Waals surface area contributed by atoms with Crippen LogP contribution in [0.5, 0.6) is 0 Å². The molecule has 1 atom stereocenters. The number of nitrogens with one attached hydrogen (secondary N) is 1. The number of halogens is 3. The van der Waals surface area contributed by atoms with Gasteiger partial charge in [-0.2, -0.15) is 0 Å². The molecule has 1 nitrogen and oxygen atoms in total. The van der Waals surface area contributed by atoms with E-state index in [1.807, 2.05) is 0 Å². The quantitative estimate of drug-likeness (QED) is 0.780. The highest BCUT2D eigenvalue weighted by molar-refractivity contribution is 5.22. The van der Waals surface area contributed by atoms with Crippen LogP contribution in [0.4, 0.5) is 13.2 Å². The number of hydrogen-bond acceptors (Lipinski definition) is 1. The fraction of sp³-hybridized carbons (Fsp3) is 0.538. The Morgan fingerprint density at radius 3 is 2.29 bits per heavy atom. The maximum absolute atomic E-state index is 13.1. The summed E-state index contributed by atoms with van der Waals surface area (Å²) in [5, 5.41) is 3.02. The Bertz CT molecular complexity index is 379. The summed E-state index contributed by atoms with van der Waals surface area (Å²) in [7, 11) is 1.75. The average molecular weight is 243 g/mol. The van der Waals surface area contributed by atoms with Crippen LogP contribution >= 0.6 is 0 Å². The van der Waals surface area contributed by atoms with Gasteiger partial charge in [-0.3, -0.25) is 0 Å². The van der Waals surface area contributed by atoms with Crippen molar-refractivity contribution in [1.82, 2.24) is 5.32 Å². The predicted octanol–water partition coefficient (Wildman–Crippen LogP) is 3.55. The summed E-state index contributed by atoms with van der Waals surface area (Å²) in [5.41, 5.74) is 0.476. The summed E-state index contributed by atoms with van der Waals surface area (Å²) >= 11 is 0. The Kier molecular flexibility index (Phi) is 3.72. The van der Waals surface area contributed by atoms with E-state index in [0.717, 1.165) is 30.9 Å². The van der Waals surface area contributed by atoms with Gasteiger partial charge in [-0.1, -0.05) is 12.8 Å². The van der Waals surface area contributed by atoms with Gasteiger partial charge in [0, 0.05) is 6.04 Å². The van der Waals surface area contributed by atoms with Gasteiger partial charge in [0.25, 0.3) is 0 Å². The van der Waals surface area contributed by atoms with Crippen molar-refractivity contribution < 1.29 is 13.2 Å². The predicted molar refractivity (Wildman–Crippen MR) is 60.1 cm³/mol. The van der Waals surface area contributed by atoms with Crippen molar-refractivity contribution in [3.05, 3.63) is 35.1 Å². The molecule has 0 amide bonds. The second kappa shape index (κ2) is 5.08. The van der Waals surface area contributed by atoms with Crippen LogP contribution in [0.25, 0.3) is 0 Å². The molecule has 0 radical (unpaired) electrons. The van der Waals surface area contributed by atoms with Crippen molar-refractivity contribution in [1.29, 1.82) is 0 Å². The minimum atomic E-state index is -1.40. The van der Waals surface area contributed by atoms with E-state index in [1.165, 1.54) is 12.8 Å². The fourth-order valence-electron chi connectivity index (χ4n) is 2.06. The van der Waals surface area contributed by atoms with E-state index in [2.05, 4.69) is 5.32 Å². The molecule has 0 aliphatic heterocycles. The highest BCUT2D eigenvalue weighted by atomic mass is 19.2. The summed E-state index contributed by atoms with van der Waals surface area (Å²) in [6.45, 7) is 0. The molecule has 2 rings (SSSR count). The van der Waals surface area contributed by atoms with Crippen LogP contribution in [0, 0.1) is 23.4 Å². The van der Waals surface area contributed by atoms with Crippen molar-refractivity contribution in [2.45, 2.75) is 31.7 Å². The summed E-state index contributed by atoms with van der Waals surface area (Å²) in [6, 6.07) is 2.04. The van der Waals surface area contributed by atoms with Crippen LogP contribution in [0.2, 0.25) is 0 Å². The standard InChI is InChI=1S/C13H16F3N/c1-17-12(5-4-8-2-3-8)9-6-10(14)13(16)11(15)7-9/h6-8,12,17H,2-5H2,1H3. The zero-order valence-electron chi connectivity index (χ0n) is 9.77. The van der Waals surface area contributed by atoms with Gasteiger partial charge >= 0.3 is 0 Å². The minimum Gasteiger partial charge on any atom is -0.313 e. The third kappa shape index (κ3) is 3.00. The molecule has 1 unspecified atom stereocenters. The molecule has 1 fully saturated rings. The van der Waals surface area contributed by atoms with Crippen molar-refractivity contribution in [3.63, 3.8) is 0 Å². The van der Waals surface area contributed by atoms with Crippen LogP contribution in [-0.2, 0) is 0 Å². The largest absolute Gasteiger partial charge is 0.313 e. The highest BCUT2D eigenvalue weighted by Crippen LogP contribution is 2.36. The van der Waals surface area contributed by atoms with E-state index < -0.39 is 17.5 Å². The Morgan fingerprint density at radius 2 is 1.82 bits per heavy atom. The topological polar surface area (TPSA) is 12.0 Å². The number of hydrogen-bond donors (Lipinski definition) is 1. The van der Waals surface area contributed by atoms with Gasteiger partial charge in [-0.25, -0.2) is 13.2 Å². The third-order valence-electron chi connectivity index (χ3n) is 3.32. The Hall–Kier alpha value is -1.03. The van der Waals surface area contributed by atoms with Crippen molar-refractivity contribution in [3.8, 4) is 0 Å². The maximum Gasteiger partial charge on any atom is 0.194 e. The first-order chi connectivity index (χ1) is 8.11. The van der Waals surface area contributed by atoms with Gasteiger partial charge in [0.1, 0.15) is 0 Å². The molecule has 0 bridgehead atoms. The molecule has 94 valence electrons. The van der Waals surface area contributed by atoms with E-state index in [4.69, 9.17) is 0 Å². The highest BCUT2D eigenvalue weighted by Gasteiger charge is 2.23. The summed E-state index contributed by atoms with van der Waals surface area (Å²) in [5.74, 6) is -2.87. The van der Waals surface area contributed by atoms with Crippen molar-refractivity contribution in [2.24, 2.45) is 5.92 Å². The molecule has 17 heavy (non-hydrogen) atoms. The Balaban J connectivity index is 2.11. The molecule has 1 aliphatic rings. The monoisotopic (exact) mass is 243 g/mol. The smallest absolute Gasteiger partial charge is 0.194 e. The van der Waals surface area contributed by atoms with E-state index in [9.17, 15) is 13.2 Å². The van der Waals surface area contributed by atoms with Gasteiger partial charge in [-0.05, 0) is 43.5 Å². The van der Waals surface area contributed by atoms with Crippen LogP contribution in [0.15, 0.2) is 12.1 Å². The van der Waals surface area contributed by atoms with E-state index in [-0.39, 0.29) is 6.04 Å². The molecule has 4 heteroatoms. The van der Waals surface area contributed by atoms with Gasteiger partial charge in [0.05, 0.1) is 0 Å². The molecule has 0 saturated heterocycles. The molecular weight excluding hydrogens is 227 g/mol. The summed E-state index contributed by atoms with van der Waals surface area (Å²) < 4.78 is 39.0. The van der Waals surface area contributed by atoms with Crippen molar-refractivity contribution in [2.75, 3.05) is 7.05 Å². The zero-order chi connectivity index (χ0) is 12.4. The molecule has 0 aromatic heterocycles. The molecule has 1 saturated carbocycles. The van der Waals surface area contributed by atoms with Crippen molar-refractivity contribution >= 4 is 0 Å². The first-order valence-corrected chi connectivity index (χ1v) is 5.93. The van der Waals surface area contributed by atoms with Crippen LogP contribution in [-0.4, -0.2) is 7.05 Å². The normalized spacial score (nSPS) is 17.2. The van der Waals surface area contributed by atoms with Gasteiger partial charge < -0.3 is 5.32 Å². The molecular formula is C13H16F3N. The fourth-order valence-corrected chi connectivity index (χ4v) is 2.06. The van der Waals surface area contributed by atoms with E-state index >= 15 is 0 Å². The lowest BCUT2D eigenvalue weighted by Crippen LogP contribution is -2.17. The molecule has 1 aromatic carbocycles. The lowest BCUT2D eigenvalue weighted by atomic mass is 10.00. The molecule has 0 heterocycles. The molecule has 1 aliphatic carbocycles. The minimum absolute atomic E-state index is 0.111. The molecule has 0 spiro atoms. The third-order valence-corrected chi connectivity index (χ3v) is 3.32. The first-order valence-electron chi connectivity index (χ1n) is 5.93. The van der Waals surface area contributed by atoms with Crippen LogP contribution in [0.1, 0.15) is 37.3 Å². The van der Waals surface area contributed by atoms with Gasteiger partial charge in [0.15, 0.2) is 17.5 Å². The lowest BCUT2D eigenvalue weighted by molar-refractivity contribution is 0.436. The number of rotatable bonds is 5. The van der Waals surface area contributed by atoms with Gasteiger partial charge in [0.2, 0.25) is 0 Å². The lowest BCUT2D eigenvalue weighted by Gasteiger charge is -2.17. The second-order valence-corrected chi connectivity index (χ2v) is 4.66.